The summed E-state index contributed by atoms with van der Waals surface area (Å²) in [6.45, 7) is 3.70. The summed E-state index contributed by atoms with van der Waals surface area (Å²) in [5.74, 6) is 0.188. The molecule has 6 nitrogen and oxygen atoms in total. The molecule has 8 heteroatoms. The lowest BCUT2D eigenvalue weighted by atomic mass is 10.1. The monoisotopic (exact) mass is 351 g/mol. The molecular formula is C15H18ClN5OS. The van der Waals surface area contributed by atoms with E-state index < -0.39 is 5.91 Å². The van der Waals surface area contributed by atoms with Crippen LogP contribution >= 0.6 is 22.9 Å². The molecular weight excluding hydrogens is 334 g/mol. The molecule has 0 unspecified atom stereocenters. The number of halogens is 1. The van der Waals surface area contributed by atoms with Gasteiger partial charge in [-0.15, -0.1) is 11.3 Å². The summed E-state index contributed by atoms with van der Waals surface area (Å²) < 4.78 is 0. The normalized spacial score (nSPS) is 15.7. The van der Waals surface area contributed by atoms with Gasteiger partial charge in [0.1, 0.15) is 5.82 Å². The number of thiazole rings is 1. The van der Waals surface area contributed by atoms with Crippen LogP contribution in [0.3, 0.4) is 0 Å². The topological polar surface area (TPSA) is 84.1 Å². The summed E-state index contributed by atoms with van der Waals surface area (Å²) in [6, 6.07) is 1.98. The Bertz CT molecular complexity index is 712. The van der Waals surface area contributed by atoms with Gasteiger partial charge < -0.3 is 16.0 Å². The zero-order chi connectivity index (χ0) is 16.4. The molecule has 0 atom stereocenters. The minimum absolute atomic E-state index is 0.328. The molecule has 0 bridgehead atoms. The highest BCUT2D eigenvalue weighted by Gasteiger charge is 2.22. The molecule has 2 aromatic heterocycles. The first kappa shape index (κ1) is 16.0. The van der Waals surface area contributed by atoms with Crippen LogP contribution in [-0.2, 0) is 0 Å². The molecule has 0 aliphatic carbocycles. The molecule has 2 aromatic rings. The van der Waals surface area contributed by atoms with Gasteiger partial charge in [0.25, 0.3) is 0 Å². The number of amides is 1. The zero-order valence-electron chi connectivity index (χ0n) is 12.8. The summed E-state index contributed by atoms with van der Waals surface area (Å²) in [5, 5.41) is 6.96. The number of hydrogen-bond donors (Lipinski definition) is 2. The van der Waals surface area contributed by atoms with E-state index >= 15 is 0 Å². The van der Waals surface area contributed by atoms with Crippen molar-refractivity contribution in [1.82, 2.24) is 9.97 Å². The van der Waals surface area contributed by atoms with Crippen LogP contribution in [-0.4, -0.2) is 35.0 Å². The molecule has 23 heavy (non-hydrogen) atoms. The first-order valence-corrected chi connectivity index (χ1v) is 8.67. The van der Waals surface area contributed by atoms with Gasteiger partial charge in [-0.1, -0.05) is 11.6 Å². The van der Waals surface area contributed by atoms with Gasteiger partial charge in [0.05, 0.1) is 16.3 Å². The van der Waals surface area contributed by atoms with Crippen molar-refractivity contribution in [2.75, 3.05) is 23.3 Å². The number of primary amides is 1. The molecule has 3 rings (SSSR count). The van der Waals surface area contributed by atoms with Gasteiger partial charge in [-0.05, 0) is 25.8 Å². The number of aryl methyl sites for hydroxylation is 1. The number of nitrogens with zero attached hydrogens (tertiary/aromatic N) is 3. The Morgan fingerprint density at radius 2 is 2.22 bits per heavy atom. The van der Waals surface area contributed by atoms with Gasteiger partial charge in [-0.2, -0.15) is 0 Å². The standard InChI is InChI=1S/C15H18ClN5OS/c1-9-8-23-15(19-9)20-11-2-4-21(5-3-11)14-12(16)6-10(7-18-14)13(17)22/h6-8,11H,2-5H2,1H3,(H2,17,22)(H,19,20). The molecule has 3 heterocycles. The van der Waals surface area contributed by atoms with Crippen LogP contribution in [0.4, 0.5) is 10.9 Å². The number of carbonyl (C=O) groups is 1. The predicted molar refractivity (Wildman–Crippen MR) is 93.5 cm³/mol. The van der Waals surface area contributed by atoms with Crippen molar-refractivity contribution in [2.45, 2.75) is 25.8 Å². The van der Waals surface area contributed by atoms with E-state index in [0.717, 1.165) is 36.8 Å². The lowest BCUT2D eigenvalue weighted by Gasteiger charge is -2.33. The van der Waals surface area contributed by atoms with E-state index in [9.17, 15) is 4.79 Å². The van der Waals surface area contributed by atoms with E-state index in [-0.39, 0.29) is 0 Å². The molecule has 0 radical (unpaired) electrons. The maximum Gasteiger partial charge on any atom is 0.250 e. The van der Waals surface area contributed by atoms with Crippen LogP contribution < -0.4 is 16.0 Å². The number of pyridine rings is 1. The SMILES string of the molecule is Cc1csc(NC2CCN(c3ncc(C(N)=O)cc3Cl)CC2)n1. The Hall–Kier alpha value is -1.86. The van der Waals surface area contributed by atoms with Crippen molar-refractivity contribution < 1.29 is 4.79 Å². The van der Waals surface area contributed by atoms with Crippen molar-refractivity contribution in [2.24, 2.45) is 5.73 Å². The third-order valence-corrected chi connectivity index (χ3v) is 5.02. The van der Waals surface area contributed by atoms with Gasteiger partial charge >= 0.3 is 0 Å². The highest BCUT2D eigenvalue weighted by Crippen LogP contribution is 2.28. The molecule has 1 fully saturated rings. The van der Waals surface area contributed by atoms with Gasteiger partial charge in [-0.25, -0.2) is 9.97 Å². The van der Waals surface area contributed by atoms with Crippen LogP contribution in [0.2, 0.25) is 5.02 Å². The fourth-order valence-corrected chi connectivity index (χ4v) is 3.68. The fraction of sp³-hybridized carbons (Fsp3) is 0.400. The molecule has 1 amide bonds. The molecule has 1 aliphatic heterocycles. The molecule has 0 saturated carbocycles. The molecule has 0 aromatic carbocycles. The van der Waals surface area contributed by atoms with Crippen molar-refractivity contribution >= 4 is 39.8 Å². The Labute approximate surface area is 143 Å². The van der Waals surface area contributed by atoms with Gasteiger partial charge in [-0.3, -0.25) is 4.79 Å². The Morgan fingerprint density at radius 1 is 1.48 bits per heavy atom. The summed E-state index contributed by atoms with van der Waals surface area (Å²) >= 11 is 7.87. The van der Waals surface area contributed by atoms with Gasteiger partial charge in [0.15, 0.2) is 5.13 Å². The first-order chi connectivity index (χ1) is 11.0. The summed E-state index contributed by atoms with van der Waals surface area (Å²) in [4.78, 5) is 22.0. The molecule has 122 valence electrons. The third kappa shape index (κ3) is 3.73. The zero-order valence-corrected chi connectivity index (χ0v) is 14.3. The van der Waals surface area contributed by atoms with Crippen molar-refractivity contribution in [3.8, 4) is 0 Å². The third-order valence-electron chi connectivity index (χ3n) is 3.85. The van der Waals surface area contributed by atoms with Crippen LogP contribution in [0.1, 0.15) is 28.9 Å². The van der Waals surface area contributed by atoms with E-state index in [0.29, 0.717) is 22.4 Å². The molecule has 0 spiro atoms. The van der Waals surface area contributed by atoms with Crippen molar-refractivity contribution in [3.05, 3.63) is 33.9 Å². The second-order valence-electron chi connectivity index (χ2n) is 5.59. The quantitative estimate of drug-likeness (QED) is 0.884. The van der Waals surface area contributed by atoms with Gasteiger partial charge in [0, 0.05) is 30.7 Å². The number of nitrogens with one attached hydrogen (secondary N) is 1. The molecule has 1 saturated heterocycles. The summed E-state index contributed by atoms with van der Waals surface area (Å²) in [6.07, 6.45) is 3.44. The van der Waals surface area contributed by atoms with Crippen LogP contribution in [0, 0.1) is 6.92 Å². The van der Waals surface area contributed by atoms with E-state index in [1.165, 1.54) is 6.20 Å². The number of anilines is 2. The predicted octanol–water partition coefficient (Wildman–Crippen LogP) is 2.68. The maximum atomic E-state index is 11.2. The first-order valence-electron chi connectivity index (χ1n) is 7.42. The Morgan fingerprint density at radius 3 is 2.78 bits per heavy atom. The summed E-state index contributed by atoms with van der Waals surface area (Å²) in [7, 11) is 0. The molecule has 3 N–H and O–H groups in total. The highest BCUT2D eigenvalue weighted by atomic mass is 35.5. The van der Waals surface area contributed by atoms with E-state index in [1.807, 2.05) is 12.3 Å². The van der Waals surface area contributed by atoms with Crippen molar-refractivity contribution in [3.63, 3.8) is 0 Å². The van der Waals surface area contributed by atoms with Gasteiger partial charge in [0.2, 0.25) is 5.91 Å². The Kier molecular flexibility index (Phi) is 4.68. The van der Waals surface area contributed by atoms with Crippen LogP contribution in [0.5, 0.6) is 0 Å². The molecule has 1 aliphatic rings. The second-order valence-corrected chi connectivity index (χ2v) is 6.86. The second kappa shape index (κ2) is 6.72. The van der Waals surface area contributed by atoms with Crippen LogP contribution in [0.25, 0.3) is 0 Å². The van der Waals surface area contributed by atoms with E-state index in [4.69, 9.17) is 17.3 Å². The number of carbonyl (C=O) groups excluding carboxylic acids is 1. The average Bonchev–Trinajstić information content (AvgIpc) is 2.93. The van der Waals surface area contributed by atoms with E-state index in [1.54, 1.807) is 17.4 Å². The lowest BCUT2D eigenvalue weighted by molar-refractivity contribution is 0.1000. The minimum Gasteiger partial charge on any atom is -0.366 e. The van der Waals surface area contributed by atoms with Crippen LogP contribution in [0.15, 0.2) is 17.6 Å². The maximum absolute atomic E-state index is 11.2. The summed E-state index contributed by atoms with van der Waals surface area (Å²) in [5.41, 5.74) is 6.61. The van der Waals surface area contributed by atoms with Crippen molar-refractivity contribution in [1.29, 1.82) is 0 Å². The number of piperidine rings is 1. The number of hydrogen-bond acceptors (Lipinski definition) is 6. The number of rotatable bonds is 4. The fourth-order valence-electron chi connectivity index (χ4n) is 2.63. The number of nitrogens with two attached hydrogens (primary N) is 1. The largest absolute Gasteiger partial charge is 0.366 e. The average molecular weight is 352 g/mol. The van der Waals surface area contributed by atoms with E-state index in [2.05, 4.69) is 20.2 Å². The number of aromatic nitrogens is 2. The smallest absolute Gasteiger partial charge is 0.250 e. The lowest BCUT2D eigenvalue weighted by Crippen LogP contribution is -2.39. The minimum atomic E-state index is -0.521. The Balaban J connectivity index is 1.61. The highest BCUT2D eigenvalue weighted by molar-refractivity contribution is 7.13.